The highest BCUT2D eigenvalue weighted by Crippen LogP contribution is 2.10. The molecule has 0 aliphatic heterocycles. The molecule has 6 heteroatoms. The third kappa shape index (κ3) is 4.10. The fraction of sp³-hybridized carbons (Fsp3) is 0.417. The molecule has 1 heterocycles. The van der Waals surface area contributed by atoms with Gasteiger partial charge >= 0.3 is 5.97 Å². The summed E-state index contributed by atoms with van der Waals surface area (Å²) in [6.45, 7) is 4.71. The van der Waals surface area contributed by atoms with Crippen LogP contribution in [0, 0.1) is 0 Å². The van der Waals surface area contributed by atoms with Crippen LogP contribution in [0.5, 0.6) is 0 Å². The van der Waals surface area contributed by atoms with Crippen molar-refractivity contribution in [2.24, 2.45) is 0 Å². The Kier molecular flexibility index (Phi) is 5.77. The smallest absolute Gasteiger partial charge is 0.340 e. The fourth-order valence-corrected chi connectivity index (χ4v) is 1.77. The first-order chi connectivity index (χ1) is 8.58. The monoisotopic (exact) mass is 314 g/mol. The number of aromatic nitrogens is 1. The maximum atomic E-state index is 11.6. The molecule has 0 aromatic carbocycles. The van der Waals surface area contributed by atoms with Gasteiger partial charge in [0.25, 0.3) is 5.91 Å². The van der Waals surface area contributed by atoms with Gasteiger partial charge < -0.3 is 9.64 Å². The minimum atomic E-state index is -0.552. The first kappa shape index (κ1) is 14.6. The number of pyridine rings is 1. The molecular formula is C12H15BrN2O3. The number of amides is 1. The zero-order chi connectivity index (χ0) is 13.5. The summed E-state index contributed by atoms with van der Waals surface area (Å²) in [4.78, 5) is 28.7. The van der Waals surface area contributed by atoms with Crippen LogP contribution >= 0.6 is 15.9 Å². The van der Waals surface area contributed by atoms with Crippen LogP contribution in [0.15, 0.2) is 22.9 Å². The fourth-order valence-electron chi connectivity index (χ4n) is 1.40. The van der Waals surface area contributed by atoms with E-state index in [0.717, 1.165) is 0 Å². The molecule has 0 aliphatic rings. The predicted molar refractivity (Wildman–Crippen MR) is 70.1 cm³/mol. The number of ether oxygens (including phenoxy) is 1. The van der Waals surface area contributed by atoms with Gasteiger partial charge in [0.2, 0.25) is 0 Å². The molecular weight excluding hydrogens is 300 g/mol. The highest BCUT2D eigenvalue weighted by Gasteiger charge is 2.14. The number of likely N-dealkylation sites (N-methyl/N-ethyl adjacent to an activating group) is 1. The van der Waals surface area contributed by atoms with E-state index in [0.29, 0.717) is 23.1 Å². The van der Waals surface area contributed by atoms with Crippen molar-refractivity contribution in [3.05, 3.63) is 28.5 Å². The SMILES string of the molecule is CCN(CC)C(=O)COC(=O)c1cncc(Br)c1. The topological polar surface area (TPSA) is 59.5 Å². The lowest BCUT2D eigenvalue weighted by molar-refractivity contribution is -0.134. The summed E-state index contributed by atoms with van der Waals surface area (Å²) in [6.07, 6.45) is 2.97. The number of halogens is 1. The van der Waals surface area contributed by atoms with Crippen molar-refractivity contribution in [1.29, 1.82) is 0 Å². The molecule has 0 fully saturated rings. The zero-order valence-electron chi connectivity index (χ0n) is 10.4. The van der Waals surface area contributed by atoms with Gasteiger partial charge in [-0.15, -0.1) is 0 Å². The molecule has 0 radical (unpaired) electrons. The van der Waals surface area contributed by atoms with Gasteiger partial charge in [-0.2, -0.15) is 0 Å². The molecule has 18 heavy (non-hydrogen) atoms. The average Bonchev–Trinajstić information content (AvgIpc) is 2.37. The second-order valence-corrected chi connectivity index (χ2v) is 4.45. The third-order valence-electron chi connectivity index (χ3n) is 2.38. The molecule has 1 rings (SSSR count). The quantitative estimate of drug-likeness (QED) is 0.778. The van der Waals surface area contributed by atoms with Crippen molar-refractivity contribution in [1.82, 2.24) is 9.88 Å². The summed E-state index contributed by atoms with van der Waals surface area (Å²) < 4.78 is 5.63. The molecule has 0 aliphatic carbocycles. The van der Waals surface area contributed by atoms with E-state index in [1.807, 2.05) is 13.8 Å². The van der Waals surface area contributed by atoms with E-state index in [-0.39, 0.29) is 12.5 Å². The summed E-state index contributed by atoms with van der Waals surface area (Å²) >= 11 is 3.21. The number of hydrogen-bond donors (Lipinski definition) is 0. The molecule has 1 aromatic rings. The second-order valence-electron chi connectivity index (χ2n) is 3.53. The van der Waals surface area contributed by atoms with Gasteiger partial charge in [0.05, 0.1) is 5.56 Å². The molecule has 0 spiro atoms. The van der Waals surface area contributed by atoms with Crippen LogP contribution in [0.2, 0.25) is 0 Å². The van der Waals surface area contributed by atoms with E-state index < -0.39 is 5.97 Å². The van der Waals surface area contributed by atoms with Crippen LogP contribution in [0.4, 0.5) is 0 Å². The first-order valence-electron chi connectivity index (χ1n) is 5.63. The van der Waals surface area contributed by atoms with Gasteiger partial charge in [-0.3, -0.25) is 9.78 Å². The molecule has 0 saturated heterocycles. The molecule has 1 aromatic heterocycles. The van der Waals surface area contributed by atoms with Gasteiger partial charge in [-0.25, -0.2) is 4.79 Å². The number of carbonyl (C=O) groups excluding carboxylic acids is 2. The Labute approximate surface area is 114 Å². The summed E-state index contributed by atoms with van der Waals surface area (Å²) in [5, 5.41) is 0. The van der Waals surface area contributed by atoms with Crippen LogP contribution in [0.25, 0.3) is 0 Å². The van der Waals surface area contributed by atoms with Gasteiger partial charge in [0.15, 0.2) is 6.61 Å². The Morgan fingerprint density at radius 1 is 1.33 bits per heavy atom. The van der Waals surface area contributed by atoms with E-state index >= 15 is 0 Å². The molecule has 0 saturated carbocycles. The molecule has 1 amide bonds. The Balaban J connectivity index is 2.54. The van der Waals surface area contributed by atoms with Crippen molar-refractivity contribution in [3.8, 4) is 0 Å². The van der Waals surface area contributed by atoms with Gasteiger partial charge in [-0.05, 0) is 35.8 Å². The maximum Gasteiger partial charge on any atom is 0.340 e. The summed E-state index contributed by atoms with van der Waals surface area (Å²) in [6, 6.07) is 1.59. The Bertz CT molecular complexity index is 433. The highest BCUT2D eigenvalue weighted by molar-refractivity contribution is 9.10. The number of hydrogen-bond acceptors (Lipinski definition) is 4. The van der Waals surface area contributed by atoms with Crippen LogP contribution in [0.1, 0.15) is 24.2 Å². The number of esters is 1. The van der Waals surface area contributed by atoms with Crippen molar-refractivity contribution < 1.29 is 14.3 Å². The maximum absolute atomic E-state index is 11.6. The minimum absolute atomic E-state index is 0.198. The molecule has 98 valence electrons. The van der Waals surface area contributed by atoms with E-state index in [4.69, 9.17) is 4.74 Å². The van der Waals surface area contributed by atoms with Crippen molar-refractivity contribution >= 4 is 27.8 Å². The normalized spacial score (nSPS) is 9.94. The van der Waals surface area contributed by atoms with Crippen LogP contribution in [-0.4, -0.2) is 41.5 Å². The van der Waals surface area contributed by atoms with E-state index in [2.05, 4.69) is 20.9 Å². The lowest BCUT2D eigenvalue weighted by Gasteiger charge is -2.18. The molecule has 5 nitrogen and oxygen atoms in total. The Hall–Kier alpha value is -1.43. The standard InChI is InChI=1S/C12H15BrN2O3/c1-3-15(4-2)11(16)8-18-12(17)9-5-10(13)7-14-6-9/h5-7H,3-4,8H2,1-2H3. The Morgan fingerprint density at radius 2 is 2.00 bits per heavy atom. The molecule has 0 N–H and O–H groups in total. The van der Waals surface area contributed by atoms with Crippen LogP contribution in [0.3, 0.4) is 0 Å². The lowest BCUT2D eigenvalue weighted by Crippen LogP contribution is -2.34. The first-order valence-corrected chi connectivity index (χ1v) is 6.43. The number of carbonyl (C=O) groups is 2. The van der Waals surface area contributed by atoms with Crippen molar-refractivity contribution in [3.63, 3.8) is 0 Å². The van der Waals surface area contributed by atoms with Gasteiger partial charge in [0, 0.05) is 30.0 Å². The second kappa shape index (κ2) is 7.10. The predicted octanol–water partition coefficient (Wildman–Crippen LogP) is 1.87. The summed E-state index contributed by atoms with van der Waals surface area (Å²) in [5.41, 5.74) is 0.316. The minimum Gasteiger partial charge on any atom is -0.452 e. The van der Waals surface area contributed by atoms with E-state index in [9.17, 15) is 9.59 Å². The number of rotatable bonds is 5. The average molecular weight is 315 g/mol. The lowest BCUT2D eigenvalue weighted by atomic mass is 10.3. The Morgan fingerprint density at radius 3 is 2.56 bits per heavy atom. The highest BCUT2D eigenvalue weighted by atomic mass is 79.9. The van der Waals surface area contributed by atoms with Crippen LogP contribution in [-0.2, 0) is 9.53 Å². The largest absolute Gasteiger partial charge is 0.452 e. The van der Waals surface area contributed by atoms with Crippen molar-refractivity contribution in [2.75, 3.05) is 19.7 Å². The zero-order valence-corrected chi connectivity index (χ0v) is 11.9. The van der Waals surface area contributed by atoms with Crippen LogP contribution < -0.4 is 0 Å². The molecule has 0 unspecified atom stereocenters. The molecule has 0 atom stereocenters. The van der Waals surface area contributed by atoms with Crippen molar-refractivity contribution in [2.45, 2.75) is 13.8 Å². The summed E-state index contributed by atoms with van der Waals surface area (Å²) in [7, 11) is 0. The molecule has 0 bridgehead atoms. The summed E-state index contributed by atoms with van der Waals surface area (Å²) in [5.74, 6) is -0.749. The third-order valence-corrected chi connectivity index (χ3v) is 2.82. The van der Waals surface area contributed by atoms with E-state index in [1.165, 1.54) is 6.20 Å². The number of nitrogens with zero attached hydrogens (tertiary/aromatic N) is 2. The van der Waals surface area contributed by atoms with E-state index in [1.54, 1.807) is 17.2 Å². The van der Waals surface area contributed by atoms with Gasteiger partial charge in [-0.1, -0.05) is 0 Å². The van der Waals surface area contributed by atoms with Gasteiger partial charge in [0.1, 0.15) is 0 Å².